The first-order valence-corrected chi connectivity index (χ1v) is 7.31. The third-order valence-electron chi connectivity index (χ3n) is 2.50. The Hall–Kier alpha value is -1.47. The molecular weight excluding hydrogens is 325 g/mol. The standard InChI is InChI=1S/C13H10ClF3N2OS/c14-9-4-2-1-3-8(9)7-11-18-19-13(20-11)21-6-5-10(15)12(16)17/h1-4H,5-7H2. The van der Waals surface area contributed by atoms with E-state index in [0.717, 1.165) is 17.3 Å². The molecule has 2 rings (SSSR count). The number of hydrogen-bond acceptors (Lipinski definition) is 4. The van der Waals surface area contributed by atoms with E-state index in [2.05, 4.69) is 10.2 Å². The minimum atomic E-state index is -2.29. The lowest BCUT2D eigenvalue weighted by Gasteiger charge is -1.99. The maximum absolute atomic E-state index is 12.6. The minimum absolute atomic E-state index is 0.0941. The van der Waals surface area contributed by atoms with Gasteiger partial charge in [0, 0.05) is 17.2 Å². The minimum Gasteiger partial charge on any atom is -0.416 e. The molecule has 2 aromatic rings. The van der Waals surface area contributed by atoms with Gasteiger partial charge in [-0.05, 0) is 11.6 Å². The third kappa shape index (κ3) is 4.78. The fourth-order valence-electron chi connectivity index (χ4n) is 1.50. The molecule has 0 aliphatic carbocycles. The third-order valence-corrected chi connectivity index (χ3v) is 3.69. The summed E-state index contributed by atoms with van der Waals surface area (Å²) < 4.78 is 41.7. The molecule has 0 bridgehead atoms. The van der Waals surface area contributed by atoms with E-state index in [-0.39, 0.29) is 17.4 Å². The van der Waals surface area contributed by atoms with Gasteiger partial charge in [-0.2, -0.15) is 8.78 Å². The molecule has 1 aromatic heterocycles. The van der Waals surface area contributed by atoms with Gasteiger partial charge in [0.1, 0.15) is 0 Å². The van der Waals surface area contributed by atoms with Gasteiger partial charge < -0.3 is 4.42 Å². The normalized spacial score (nSPS) is 10.7. The van der Waals surface area contributed by atoms with E-state index in [1.807, 2.05) is 18.2 Å². The van der Waals surface area contributed by atoms with Crippen LogP contribution in [0.3, 0.4) is 0 Å². The van der Waals surface area contributed by atoms with E-state index in [1.54, 1.807) is 6.07 Å². The highest BCUT2D eigenvalue weighted by Crippen LogP contribution is 2.23. The molecule has 0 N–H and O–H groups in total. The van der Waals surface area contributed by atoms with Gasteiger partial charge in [-0.1, -0.05) is 41.6 Å². The van der Waals surface area contributed by atoms with Crippen LogP contribution < -0.4 is 0 Å². The lowest BCUT2D eigenvalue weighted by molar-refractivity contribution is 0.373. The van der Waals surface area contributed by atoms with Crippen molar-refractivity contribution in [3.05, 3.63) is 52.6 Å². The van der Waals surface area contributed by atoms with Gasteiger partial charge in [-0.3, -0.25) is 0 Å². The maximum atomic E-state index is 12.6. The number of halogens is 4. The van der Waals surface area contributed by atoms with Crippen LogP contribution in [-0.4, -0.2) is 16.0 Å². The van der Waals surface area contributed by atoms with Gasteiger partial charge in [-0.15, -0.1) is 10.2 Å². The molecule has 0 amide bonds. The zero-order valence-corrected chi connectivity index (χ0v) is 12.2. The van der Waals surface area contributed by atoms with Crippen LogP contribution >= 0.6 is 23.4 Å². The van der Waals surface area contributed by atoms with Crippen LogP contribution in [-0.2, 0) is 6.42 Å². The Kier molecular flexibility index (Phi) is 5.69. The fraction of sp³-hybridized carbons (Fsp3) is 0.231. The van der Waals surface area contributed by atoms with Crippen molar-refractivity contribution in [3.8, 4) is 0 Å². The zero-order chi connectivity index (χ0) is 15.2. The maximum Gasteiger partial charge on any atom is 0.301 e. The van der Waals surface area contributed by atoms with Crippen LogP contribution in [0.1, 0.15) is 17.9 Å². The van der Waals surface area contributed by atoms with Crippen LogP contribution in [0, 0.1) is 0 Å². The molecule has 0 radical (unpaired) electrons. The molecule has 21 heavy (non-hydrogen) atoms. The van der Waals surface area contributed by atoms with Gasteiger partial charge in [0.15, 0.2) is 5.83 Å². The second-order valence-electron chi connectivity index (χ2n) is 3.99. The molecule has 0 aliphatic rings. The van der Waals surface area contributed by atoms with Gasteiger partial charge in [0.2, 0.25) is 5.89 Å². The lowest BCUT2D eigenvalue weighted by Crippen LogP contribution is -1.89. The van der Waals surface area contributed by atoms with Gasteiger partial charge >= 0.3 is 6.08 Å². The Balaban J connectivity index is 1.90. The molecular formula is C13H10ClF3N2OS. The topological polar surface area (TPSA) is 38.9 Å². The van der Waals surface area contributed by atoms with Gasteiger partial charge in [0.05, 0.1) is 6.42 Å². The van der Waals surface area contributed by atoms with E-state index in [4.69, 9.17) is 16.0 Å². The quantitative estimate of drug-likeness (QED) is 0.706. The lowest BCUT2D eigenvalue weighted by atomic mass is 10.1. The summed E-state index contributed by atoms with van der Waals surface area (Å²) in [6, 6.07) is 7.24. The average molecular weight is 335 g/mol. The fourth-order valence-corrected chi connectivity index (χ4v) is 2.41. The number of thioether (sulfide) groups is 1. The molecule has 3 nitrogen and oxygen atoms in total. The summed E-state index contributed by atoms with van der Waals surface area (Å²) in [5, 5.41) is 8.40. The van der Waals surface area contributed by atoms with Crippen LogP contribution in [0.2, 0.25) is 5.02 Å². The van der Waals surface area contributed by atoms with E-state index in [1.165, 1.54) is 0 Å². The Labute approximate surface area is 128 Å². The highest BCUT2D eigenvalue weighted by molar-refractivity contribution is 7.99. The first-order valence-electron chi connectivity index (χ1n) is 5.94. The van der Waals surface area contributed by atoms with Crippen LogP contribution in [0.5, 0.6) is 0 Å². The number of aromatic nitrogens is 2. The van der Waals surface area contributed by atoms with Crippen molar-refractivity contribution in [2.24, 2.45) is 0 Å². The first kappa shape index (κ1) is 15.9. The van der Waals surface area contributed by atoms with Crippen LogP contribution in [0.15, 0.2) is 45.8 Å². The predicted octanol–water partition coefficient (Wildman–Crippen LogP) is 4.87. The molecule has 0 saturated carbocycles. The first-order chi connectivity index (χ1) is 10.1. The van der Waals surface area contributed by atoms with Crippen molar-refractivity contribution >= 4 is 23.4 Å². The van der Waals surface area contributed by atoms with Crippen molar-refractivity contribution < 1.29 is 17.6 Å². The molecule has 1 aromatic carbocycles. The predicted molar refractivity (Wildman–Crippen MR) is 74.2 cm³/mol. The monoisotopic (exact) mass is 334 g/mol. The Bertz CT molecular complexity index is 644. The number of nitrogens with zero attached hydrogens (tertiary/aromatic N) is 2. The van der Waals surface area contributed by atoms with Gasteiger partial charge in [-0.25, -0.2) is 4.39 Å². The van der Waals surface area contributed by atoms with E-state index < -0.39 is 11.9 Å². The summed E-state index contributed by atoms with van der Waals surface area (Å²) in [4.78, 5) is 0. The van der Waals surface area contributed by atoms with Gasteiger partial charge in [0.25, 0.3) is 5.22 Å². The molecule has 0 spiro atoms. The second kappa shape index (κ2) is 7.51. The Morgan fingerprint density at radius 1 is 1.19 bits per heavy atom. The summed E-state index contributed by atoms with van der Waals surface area (Å²) in [5.74, 6) is -0.965. The van der Waals surface area contributed by atoms with E-state index in [9.17, 15) is 13.2 Å². The molecule has 0 unspecified atom stereocenters. The van der Waals surface area contributed by atoms with Crippen molar-refractivity contribution in [3.63, 3.8) is 0 Å². The molecule has 1 heterocycles. The molecule has 0 saturated heterocycles. The number of allylic oxidation sites excluding steroid dienone is 1. The van der Waals surface area contributed by atoms with Crippen LogP contribution in [0.4, 0.5) is 13.2 Å². The average Bonchev–Trinajstić information content (AvgIpc) is 2.89. The zero-order valence-electron chi connectivity index (χ0n) is 10.7. The van der Waals surface area contributed by atoms with Crippen LogP contribution in [0.25, 0.3) is 0 Å². The van der Waals surface area contributed by atoms with E-state index >= 15 is 0 Å². The number of rotatable bonds is 6. The largest absolute Gasteiger partial charge is 0.416 e. The summed E-state index contributed by atoms with van der Waals surface area (Å²) in [6.07, 6.45) is -2.30. The second-order valence-corrected chi connectivity index (χ2v) is 5.45. The number of benzene rings is 1. The summed E-state index contributed by atoms with van der Waals surface area (Å²) in [5.41, 5.74) is 0.841. The van der Waals surface area contributed by atoms with Crippen molar-refractivity contribution in [2.75, 3.05) is 5.75 Å². The van der Waals surface area contributed by atoms with Crippen molar-refractivity contribution in [1.29, 1.82) is 0 Å². The summed E-state index contributed by atoms with van der Waals surface area (Å²) in [7, 11) is 0. The highest BCUT2D eigenvalue weighted by atomic mass is 35.5. The molecule has 0 aliphatic heterocycles. The summed E-state index contributed by atoms with van der Waals surface area (Å²) in [6.45, 7) is 0. The van der Waals surface area contributed by atoms with E-state index in [0.29, 0.717) is 17.3 Å². The number of hydrogen-bond donors (Lipinski definition) is 0. The molecule has 0 atom stereocenters. The van der Waals surface area contributed by atoms with Crippen molar-refractivity contribution in [2.45, 2.75) is 18.1 Å². The Morgan fingerprint density at radius 2 is 1.95 bits per heavy atom. The molecule has 8 heteroatoms. The molecule has 0 fully saturated rings. The summed E-state index contributed by atoms with van der Waals surface area (Å²) >= 11 is 7.04. The molecule has 112 valence electrons. The SMILES string of the molecule is FC(F)=C(F)CCSc1nnc(Cc2ccccc2Cl)o1. The Morgan fingerprint density at radius 3 is 2.67 bits per heavy atom. The highest BCUT2D eigenvalue weighted by Gasteiger charge is 2.11. The van der Waals surface area contributed by atoms with Crippen molar-refractivity contribution in [1.82, 2.24) is 10.2 Å². The smallest absolute Gasteiger partial charge is 0.301 e.